The summed E-state index contributed by atoms with van der Waals surface area (Å²) < 4.78 is 11.7. The number of rotatable bonds is 5. The van der Waals surface area contributed by atoms with Crippen LogP contribution in [0, 0.1) is 23.2 Å². The molecular weight excluding hydrogens is 330 g/mol. The lowest BCUT2D eigenvalue weighted by molar-refractivity contribution is -0.143. The Labute approximate surface area is 154 Å². The van der Waals surface area contributed by atoms with Crippen molar-refractivity contribution in [1.82, 2.24) is 0 Å². The molecule has 1 aromatic rings. The van der Waals surface area contributed by atoms with Crippen LogP contribution in [0.2, 0.25) is 0 Å². The summed E-state index contributed by atoms with van der Waals surface area (Å²) in [4.78, 5) is 11.2. The standard InChI is InChI=1S/C21H27NO4/c1-14-3-5-17(11-14)26-19-12-16(4-6-18(19)25-2)21(13-22)9-7-15(8-10-21)20(23)24/h4,6,12,14-15,17H,3,5,7-11H2,1-2H3,(H,23,24)/t14?,15?,17-,21?/m0/s1. The van der Waals surface area contributed by atoms with Gasteiger partial charge in [-0.15, -0.1) is 0 Å². The predicted octanol–water partition coefficient (Wildman–Crippen LogP) is 4.30. The van der Waals surface area contributed by atoms with Crippen LogP contribution in [0.4, 0.5) is 0 Å². The van der Waals surface area contributed by atoms with Gasteiger partial charge in [0.15, 0.2) is 11.5 Å². The monoisotopic (exact) mass is 357 g/mol. The molecule has 0 radical (unpaired) electrons. The van der Waals surface area contributed by atoms with Gasteiger partial charge in [-0.05, 0) is 68.6 Å². The molecule has 0 amide bonds. The Kier molecular flexibility index (Phi) is 5.41. The average Bonchev–Trinajstić information content (AvgIpc) is 3.06. The molecule has 1 N–H and O–H groups in total. The van der Waals surface area contributed by atoms with Gasteiger partial charge in [-0.2, -0.15) is 5.26 Å². The van der Waals surface area contributed by atoms with Gasteiger partial charge in [0.05, 0.1) is 30.6 Å². The van der Waals surface area contributed by atoms with Gasteiger partial charge in [0.25, 0.3) is 0 Å². The molecule has 5 heteroatoms. The van der Waals surface area contributed by atoms with E-state index in [0.717, 1.165) is 18.4 Å². The van der Waals surface area contributed by atoms with Crippen LogP contribution >= 0.6 is 0 Å². The van der Waals surface area contributed by atoms with Crippen molar-refractivity contribution in [3.8, 4) is 17.6 Å². The van der Waals surface area contributed by atoms with Crippen molar-refractivity contribution in [2.75, 3.05) is 7.11 Å². The van der Waals surface area contributed by atoms with E-state index < -0.39 is 11.4 Å². The fourth-order valence-electron chi connectivity index (χ4n) is 4.33. The van der Waals surface area contributed by atoms with E-state index in [-0.39, 0.29) is 12.0 Å². The van der Waals surface area contributed by atoms with Crippen LogP contribution in [0.5, 0.6) is 11.5 Å². The first-order valence-corrected chi connectivity index (χ1v) is 9.46. The fourth-order valence-corrected chi connectivity index (χ4v) is 4.33. The highest BCUT2D eigenvalue weighted by molar-refractivity contribution is 5.70. The van der Waals surface area contributed by atoms with E-state index in [2.05, 4.69) is 13.0 Å². The zero-order chi connectivity index (χ0) is 18.7. The summed E-state index contributed by atoms with van der Waals surface area (Å²) >= 11 is 0. The second kappa shape index (κ2) is 7.57. The van der Waals surface area contributed by atoms with E-state index in [1.807, 2.05) is 18.2 Å². The molecule has 2 atom stereocenters. The molecule has 0 aliphatic heterocycles. The van der Waals surface area contributed by atoms with Gasteiger partial charge in [0.2, 0.25) is 0 Å². The van der Waals surface area contributed by atoms with Crippen molar-refractivity contribution < 1.29 is 19.4 Å². The minimum absolute atomic E-state index is 0.190. The van der Waals surface area contributed by atoms with Gasteiger partial charge >= 0.3 is 5.97 Å². The van der Waals surface area contributed by atoms with Gasteiger partial charge in [0.1, 0.15) is 0 Å². The van der Waals surface area contributed by atoms with E-state index in [4.69, 9.17) is 9.47 Å². The molecule has 26 heavy (non-hydrogen) atoms. The number of hydrogen-bond acceptors (Lipinski definition) is 4. The number of methoxy groups -OCH3 is 1. The Bertz CT molecular complexity index is 700. The molecule has 0 spiro atoms. The number of aliphatic carboxylic acids is 1. The first-order chi connectivity index (χ1) is 12.5. The first kappa shape index (κ1) is 18.6. The van der Waals surface area contributed by atoms with Crippen LogP contribution in [0.15, 0.2) is 18.2 Å². The lowest BCUT2D eigenvalue weighted by Gasteiger charge is -2.34. The van der Waals surface area contributed by atoms with Crippen molar-refractivity contribution in [3.05, 3.63) is 23.8 Å². The number of hydrogen-bond donors (Lipinski definition) is 1. The summed E-state index contributed by atoms with van der Waals surface area (Å²) in [5.41, 5.74) is 0.268. The first-order valence-electron chi connectivity index (χ1n) is 9.46. The molecule has 1 aromatic carbocycles. The second-order valence-electron chi connectivity index (χ2n) is 7.83. The maximum Gasteiger partial charge on any atom is 0.306 e. The van der Waals surface area contributed by atoms with Crippen LogP contribution in [0.25, 0.3) is 0 Å². The van der Waals surface area contributed by atoms with Crippen LogP contribution in [-0.4, -0.2) is 24.3 Å². The predicted molar refractivity (Wildman–Crippen MR) is 97.3 cm³/mol. The second-order valence-corrected chi connectivity index (χ2v) is 7.83. The van der Waals surface area contributed by atoms with Gasteiger partial charge in [-0.3, -0.25) is 4.79 Å². The molecule has 0 aromatic heterocycles. The molecule has 5 nitrogen and oxygen atoms in total. The van der Waals surface area contributed by atoms with E-state index >= 15 is 0 Å². The van der Waals surface area contributed by atoms with Crippen LogP contribution in [-0.2, 0) is 10.2 Å². The van der Waals surface area contributed by atoms with Crippen molar-refractivity contribution in [1.29, 1.82) is 5.26 Å². The zero-order valence-corrected chi connectivity index (χ0v) is 15.5. The largest absolute Gasteiger partial charge is 0.493 e. The molecule has 140 valence electrons. The number of carboxylic acid groups (broad SMARTS) is 1. The van der Waals surface area contributed by atoms with E-state index in [0.29, 0.717) is 43.1 Å². The summed E-state index contributed by atoms with van der Waals surface area (Å²) in [7, 11) is 1.62. The number of nitriles is 1. The highest BCUT2D eigenvalue weighted by Crippen LogP contribution is 2.44. The van der Waals surface area contributed by atoms with Crippen LogP contribution in [0.1, 0.15) is 57.4 Å². The normalized spacial score (nSPS) is 31.2. The molecule has 3 rings (SSSR count). The Balaban J connectivity index is 1.84. The minimum Gasteiger partial charge on any atom is -0.493 e. The third-order valence-electron chi connectivity index (χ3n) is 6.06. The number of benzene rings is 1. The van der Waals surface area contributed by atoms with E-state index in [1.54, 1.807) is 7.11 Å². The molecule has 0 saturated heterocycles. The molecular formula is C21H27NO4. The summed E-state index contributed by atoms with van der Waals surface area (Å²) in [6.07, 6.45) is 5.63. The van der Waals surface area contributed by atoms with Crippen LogP contribution in [0.3, 0.4) is 0 Å². The van der Waals surface area contributed by atoms with Gasteiger partial charge in [-0.1, -0.05) is 13.0 Å². The Hall–Kier alpha value is -2.22. The summed E-state index contributed by atoms with van der Waals surface area (Å²) in [6.45, 7) is 2.24. The molecule has 2 aliphatic carbocycles. The van der Waals surface area contributed by atoms with Crippen molar-refractivity contribution >= 4 is 5.97 Å². The number of ether oxygens (including phenoxy) is 2. The zero-order valence-electron chi connectivity index (χ0n) is 15.5. The number of carboxylic acids is 1. The average molecular weight is 357 g/mol. The topological polar surface area (TPSA) is 79.5 Å². The smallest absolute Gasteiger partial charge is 0.306 e. The Morgan fingerprint density at radius 1 is 1.23 bits per heavy atom. The van der Waals surface area contributed by atoms with Gasteiger partial charge in [-0.25, -0.2) is 0 Å². The molecule has 2 fully saturated rings. The Morgan fingerprint density at radius 3 is 2.50 bits per heavy atom. The Morgan fingerprint density at radius 2 is 1.96 bits per heavy atom. The fraction of sp³-hybridized carbons (Fsp3) is 0.619. The summed E-state index contributed by atoms with van der Waals surface area (Å²) in [5.74, 6) is 0.946. The maximum atomic E-state index is 11.2. The number of nitrogens with zero attached hydrogens (tertiary/aromatic N) is 1. The number of carbonyl (C=O) groups is 1. The molecule has 1 unspecified atom stereocenters. The lowest BCUT2D eigenvalue weighted by Crippen LogP contribution is -2.33. The molecule has 0 heterocycles. The summed E-state index contributed by atoms with van der Waals surface area (Å²) in [5, 5.41) is 19.1. The van der Waals surface area contributed by atoms with Crippen LogP contribution < -0.4 is 9.47 Å². The molecule has 2 saturated carbocycles. The van der Waals surface area contributed by atoms with Crippen molar-refractivity contribution in [2.24, 2.45) is 11.8 Å². The molecule has 2 aliphatic rings. The lowest BCUT2D eigenvalue weighted by atomic mass is 9.67. The quantitative estimate of drug-likeness (QED) is 0.850. The highest BCUT2D eigenvalue weighted by atomic mass is 16.5. The third kappa shape index (κ3) is 3.65. The van der Waals surface area contributed by atoms with Crippen molar-refractivity contribution in [3.63, 3.8) is 0 Å². The SMILES string of the molecule is COc1ccc(C2(C#N)CCC(C(=O)O)CC2)cc1O[C@H]1CCC(C)C1. The van der Waals surface area contributed by atoms with Gasteiger partial charge in [0, 0.05) is 0 Å². The maximum absolute atomic E-state index is 11.2. The van der Waals surface area contributed by atoms with Crippen molar-refractivity contribution in [2.45, 2.75) is 63.4 Å². The van der Waals surface area contributed by atoms with E-state index in [9.17, 15) is 15.2 Å². The third-order valence-corrected chi connectivity index (χ3v) is 6.06. The van der Waals surface area contributed by atoms with Gasteiger partial charge < -0.3 is 14.6 Å². The highest BCUT2D eigenvalue weighted by Gasteiger charge is 2.39. The summed E-state index contributed by atoms with van der Waals surface area (Å²) in [6, 6.07) is 8.20. The minimum atomic E-state index is -0.759. The van der Waals surface area contributed by atoms with E-state index in [1.165, 1.54) is 6.42 Å². The molecule has 0 bridgehead atoms.